The summed E-state index contributed by atoms with van der Waals surface area (Å²) in [5, 5.41) is 8.94. The summed E-state index contributed by atoms with van der Waals surface area (Å²) in [6.45, 7) is 4.50. The fraction of sp³-hybridized carbons (Fsp3) is 0.0417. The van der Waals surface area contributed by atoms with Gasteiger partial charge < -0.3 is 9.13 Å². The van der Waals surface area contributed by atoms with Crippen LogP contribution < -0.4 is 0 Å². The number of benzene rings is 8. The molecule has 0 aliphatic carbocycles. The zero-order valence-electron chi connectivity index (χ0n) is 28.1. The van der Waals surface area contributed by atoms with E-state index < -0.39 is 0 Å². The molecule has 50 heavy (non-hydrogen) atoms. The van der Waals surface area contributed by atoms with Crippen molar-refractivity contribution in [3.63, 3.8) is 0 Å². The topological polar surface area (TPSA) is 9.86 Å². The highest BCUT2D eigenvalue weighted by Gasteiger charge is 2.18. The highest BCUT2D eigenvalue weighted by Crippen LogP contribution is 2.40. The average molecular weight is 639 g/mol. The quantitative estimate of drug-likeness (QED) is 0.182. The van der Waals surface area contributed by atoms with Crippen molar-refractivity contribution in [2.75, 3.05) is 0 Å². The summed E-state index contributed by atoms with van der Waals surface area (Å²) in [5.74, 6) is 0. The first-order chi connectivity index (χ1) is 24.6. The third-order valence-corrected chi connectivity index (χ3v) is 10.7. The minimum absolute atomic E-state index is 1.17. The minimum Gasteiger partial charge on any atom is -0.314 e. The van der Waals surface area contributed by atoms with Gasteiger partial charge in [0.15, 0.2) is 0 Å². The highest BCUT2D eigenvalue weighted by atomic mass is 15.0. The van der Waals surface area contributed by atoms with Crippen molar-refractivity contribution in [3.05, 3.63) is 181 Å². The van der Waals surface area contributed by atoms with Gasteiger partial charge in [0, 0.05) is 33.2 Å². The maximum absolute atomic E-state index is 2.42. The molecule has 0 aliphatic heterocycles. The smallest absolute Gasteiger partial charge is 0.0547 e. The van der Waals surface area contributed by atoms with E-state index in [0.29, 0.717) is 0 Å². The normalized spacial score (nSPS) is 11.8. The molecule has 0 radical (unpaired) electrons. The first-order valence-corrected chi connectivity index (χ1v) is 17.4. The number of nitrogens with zero attached hydrogens (tertiary/aromatic N) is 2. The second-order valence-electron chi connectivity index (χ2n) is 13.4. The largest absolute Gasteiger partial charge is 0.314 e. The van der Waals surface area contributed by atoms with Gasteiger partial charge in [0.05, 0.1) is 16.6 Å². The summed E-state index contributed by atoms with van der Waals surface area (Å²) in [4.78, 5) is 0. The second-order valence-corrected chi connectivity index (χ2v) is 13.4. The average Bonchev–Trinajstić information content (AvgIpc) is 3.65. The lowest BCUT2D eigenvalue weighted by Crippen LogP contribution is -1.97. The number of rotatable bonds is 4. The van der Waals surface area contributed by atoms with E-state index in [0.717, 1.165) is 0 Å². The van der Waals surface area contributed by atoms with Crippen LogP contribution in [0.2, 0.25) is 0 Å². The van der Waals surface area contributed by atoms with Crippen LogP contribution in [0.25, 0.3) is 87.9 Å². The first-order valence-electron chi connectivity index (χ1n) is 17.4. The van der Waals surface area contributed by atoms with E-state index in [1.54, 1.807) is 0 Å². The molecule has 0 atom stereocenters. The number of aryl methyl sites for hydroxylation is 1. The molecule has 0 aliphatic rings. The molecule has 0 N–H and O–H groups in total. The standard InChI is InChI=1S/C48H34N2/c1-31-32(2)49(39-18-10-15-37(28-39)41-21-11-14-33-12-6-8-19-40(33)41)45-25-23-35(29-43(31)45)36-24-26-46-44(30-36)48-42-20-9-7-13-34(42)22-27-47(48)50(46)38-16-4-3-5-17-38/h3-30H,1-2H3. The molecular weight excluding hydrogens is 605 g/mol. The molecule has 0 unspecified atom stereocenters. The number of aromatic nitrogens is 2. The van der Waals surface area contributed by atoms with Crippen LogP contribution in [0.3, 0.4) is 0 Å². The predicted octanol–water partition coefficient (Wildman–Crippen LogP) is 13.0. The van der Waals surface area contributed by atoms with Crippen molar-refractivity contribution in [2.24, 2.45) is 0 Å². The third-order valence-electron chi connectivity index (χ3n) is 10.7. The van der Waals surface area contributed by atoms with Gasteiger partial charge in [-0.2, -0.15) is 0 Å². The Morgan fingerprint density at radius 3 is 1.76 bits per heavy atom. The molecule has 8 aromatic carbocycles. The van der Waals surface area contributed by atoms with Crippen molar-refractivity contribution in [1.82, 2.24) is 9.13 Å². The van der Waals surface area contributed by atoms with Gasteiger partial charge >= 0.3 is 0 Å². The Morgan fingerprint density at radius 2 is 0.960 bits per heavy atom. The molecule has 10 rings (SSSR count). The van der Waals surface area contributed by atoms with Crippen molar-refractivity contribution in [3.8, 4) is 33.6 Å². The van der Waals surface area contributed by atoms with Crippen LogP contribution in [0.5, 0.6) is 0 Å². The zero-order valence-corrected chi connectivity index (χ0v) is 28.1. The van der Waals surface area contributed by atoms with Crippen LogP contribution in [0.4, 0.5) is 0 Å². The zero-order chi connectivity index (χ0) is 33.3. The monoisotopic (exact) mass is 638 g/mol. The van der Waals surface area contributed by atoms with E-state index in [2.05, 4.69) is 193 Å². The van der Waals surface area contributed by atoms with Gasteiger partial charge in [0.25, 0.3) is 0 Å². The van der Waals surface area contributed by atoms with Gasteiger partial charge in [-0.1, -0.05) is 115 Å². The lowest BCUT2D eigenvalue weighted by Gasteiger charge is -2.13. The van der Waals surface area contributed by atoms with Gasteiger partial charge in [-0.05, 0) is 118 Å². The van der Waals surface area contributed by atoms with Crippen LogP contribution in [-0.4, -0.2) is 9.13 Å². The molecule has 2 aromatic heterocycles. The Morgan fingerprint density at radius 1 is 0.360 bits per heavy atom. The van der Waals surface area contributed by atoms with Crippen molar-refractivity contribution >= 4 is 54.3 Å². The fourth-order valence-electron chi connectivity index (χ4n) is 8.20. The molecule has 0 saturated carbocycles. The lowest BCUT2D eigenvalue weighted by molar-refractivity contribution is 1.04. The molecule has 0 saturated heterocycles. The maximum atomic E-state index is 2.42. The van der Waals surface area contributed by atoms with E-state index in [9.17, 15) is 0 Å². The number of para-hydroxylation sites is 1. The molecule has 0 fully saturated rings. The SMILES string of the molecule is Cc1c(C)n(-c2cccc(-c3cccc4ccccc34)c2)c2ccc(-c3ccc4c(c3)c3c5ccccc5ccc3n4-c3ccccc3)cc12. The fourth-order valence-corrected chi connectivity index (χ4v) is 8.20. The predicted molar refractivity (Wildman–Crippen MR) is 213 cm³/mol. The Balaban J connectivity index is 1.13. The number of hydrogen-bond acceptors (Lipinski definition) is 0. The van der Waals surface area contributed by atoms with Crippen LogP contribution >= 0.6 is 0 Å². The Labute approximate surface area is 291 Å². The minimum atomic E-state index is 1.17. The molecule has 10 aromatic rings. The molecule has 236 valence electrons. The summed E-state index contributed by atoms with van der Waals surface area (Å²) < 4.78 is 4.83. The van der Waals surface area contributed by atoms with Crippen molar-refractivity contribution in [1.29, 1.82) is 0 Å². The Kier molecular flexibility index (Phi) is 6.34. The molecule has 0 spiro atoms. The van der Waals surface area contributed by atoms with Crippen LogP contribution in [0.1, 0.15) is 11.3 Å². The summed E-state index contributed by atoms with van der Waals surface area (Å²) >= 11 is 0. The maximum Gasteiger partial charge on any atom is 0.0547 e. The van der Waals surface area contributed by atoms with Crippen molar-refractivity contribution in [2.45, 2.75) is 13.8 Å². The Hall–Kier alpha value is -6.38. The molecule has 2 heterocycles. The van der Waals surface area contributed by atoms with E-state index in [1.165, 1.54) is 99.1 Å². The molecule has 2 heteroatoms. The van der Waals surface area contributed by atoms with E-state index in [4.69, 9.17) is 0 Å². The Bertz CT molecular complexity index is 2930. The van der Waals surface area contributed by atoms with Crippen LogP contribution in [0.15, 0.2) is 170 Å². The van der Waals surface area contributed by atoms with Gasteiger partial charge in [0.1, 0.15) is 0 Å². The van der Waals surface area contributed by atoms with Crippen LogP contribution in [-0.2, 0) is 0 Å². The number of hydrogen-bond donors (Lipinski definition) is 0. The lowest BCUT2D eigenvalue weighted by atomic mass is 9.98. The summed E-state index contributed by atoms with van der Waals surface area (Å²) in [6, 6.07) is 62.2. The third kappa shape index (κ3) is 4.28. The molecule has 2 nitrogen and oxygen atoms in total. The van der Waals surface area contributed by atoms with Gasteiger partial charge in [-0.15, -0.1) is 0 Å². The van der Waals surface area contributed by atoms with Gasteiger partial charge in [-0.25, -0.2) is 0 Å². The number of fused-ring (bicyclic) bond motifs is 7. The van der Waals surface area contributed by atoms with Crippen molar-refractivity contribution < 1.29 is 0 Å². The highest BCUT2D eigenvalue weighted by molar-refractivity contribution is 6.22. The van der Waals surface area contributed by atoms with E-state index >= 15 is 0 Å². The van der Waals surface area contributed by atoms with E-state index in [1.807, 2.05) is 0 Å². The van der Waals surface area contributed by atoms with Gasteiger partial charge in [0.2, 0.25) is 0 Å². The molecular formula is C48H34N2. The molecule has 0 amide bonds. The summed E-state index contributed by atoms with van der Waals surface area (Å²) in [5.41, 5.74) is 13.5. The summed E-state index contributed by atoms with van der Waals surface area (Å²) in [6.07, 6.45) is 0. The second kappa shape index (κ2) is 11.1. The van der Waals surface area contributed by atoms with Crippen LogP contribution in [0, 0.1) is 13.8 Å². The van der Waals surface area contributed by atoms with E-state index in [-0.39, 0.29) is 0 Å². The molecule has 0 bridgehead atoms. The summed E-state index contributed by atoms with van der Waals surface area (Å²) in [7, 11) is 0. The van der Waals surface area contributed by atoms with Gasteiger partial charge in [-0.3, -0.25) is 0 Å². The first kappa shape index (κ1) is 28.6.